The van der Waals surface area contributed by atoms with Gasteiger partial charge in [-0.3, -0.25) is 0 Å². The number of amides is 1. The number of aromatic nitrogens is 2. The number of alkyl halides is 3. The Labute approximate surface area is 178 Å². The van der Waals surface area contributed by atoms with Gasteiger partial charge >= 0.3 is 12.3 Å². The van der Waals surface area contributed by atoms with Crippen LogP contribution in [0.2, 0.25) is 0 Å². The van der Waals surface area contributed by atoms with Crippen molar-refractivity contribution in [1.82, 2.24) is 14.9 Å². The number of rotatable bonds is 2. The predicted octanol–water partition coefficient (Wildman–Crippen LogP) is 4.09. The molecule has 7 nitrogen and oxygen atoms in total. The Bertz CT molecular complexity index is 1000. The average Bonchev–Trinajstić information content (AvgIpc) is 2.71. The summed E-state index contributed by atoms with van der Waals surface area (Å²) in [5, 5.41) is 9.30. The number of anilines is 1. The number of benzene rings is 1. The van der Waals surface area contributed by atoms with E-state index in [1.165, 1.54) is 12.1 Å². The smallest absolute Gasteiger partial charge is 0.416 e. The number of nitrogens with zero attached hydrogens (tertiary/aromatic N) is 5. The third-order valence-corrected chi connectivity index (χ3v) is 4.55. The molecule has 0 spiro atoms. The van der Waals surface area contributed by atoms with Gasteiger partial charge in [-0.1, -0.05) is 12.1 Å². The number of halogens is 3. The Balaban J connectivity index is 1.81. The molecule has 31 heavy (non-hydrogen) atoms. The van der Waals surface area contributed by atoms with E-state index in [1.54, 1.807) is 31.7 Å². The van der Waals surface area contributed by atoms with Crippen LogP contribution in [-0.2, 0) is 10.9 Å². The molecule has 0 bridgehead atoms. The van der Waals surface area contributed by atoms with Crippen molar-refractivity contribution in [2.45, 2.75) is 32.5 Å². The molecule has 1 aromatic heterocycles. The maximum atomic E-state index is 13.1. The number of ether oxygens (including phenoxy) is 1. The van der Waals surface area contributed by atoms with E-state index >= 15 is 0 Å². The number of hydrogen-bond acceptors (Lipinski definition) is 6. The van der Waals surface area contributed by atoms with E-state index in [-0.39, 0.29) is 17.1 Å². The van der Waals surface area contributed by atoms with Crippen LogP contribution in [0.25, 0.3) is 11.3 Å². The van der Waals surface area contributed by atoms with Crippen molar-refractivity contribution in [2.75, 3.05) is 31.1 Å². The highest BCUT2D eigenvalue weighted by Crippen LogP contribution is 2.32. The van der Waals surface area contributed by atoms with Crippen LogP contribution < -0.4 is 4.90 Å². The summed E-state index contributed by atoms with van der Waals surface area (Å²) in [6, 6.07) is 8.19. The molecule has 10 heteroatoms. The molecule has 0 N–H and O–H groups in total. The molecule has 0 saturated carbocycles. The molecule has 1 saturated heterocycles. The Kier molecular flexibility index (Phi) is 6.06. The highest BCUT2D eigenvalue weighted by atomic mass is 19.4. The molecule has 2 aromatic rings. The molecular formula is C21H22F3N5O2. The normalized spacial score (nSPS) is 14.9. The van der Waals surface area contributed by atoms with Gasteiger partial charge in [-0.15, -0.1) is 0 Å². The van der Waals surface area contributed by atoms with E-state index in [4.69, 9.17) is 4.74 Å². The number of carbonyl (C=O) groups is 1. The average molecular weight is 433 g/mol. The van der Waals surface area contributed by atoms with Gasteiger partial charge in [0.15, 0.2) is 0 Å². The van der Waals surface area contributed by atoms with Gasteiger partial charge in [-0.05, 0) is 32.9 Å². The standard InChI is InChI=1S/C21H22F3N5O2/c1-20(2,3)31-19(30)29-9-7-28(8-10-29)18-12-16(26-17(13-25)27-18)14-5-4-6-15(11-14)21(22,23)24/h4-6,11-12H,7-10H2,1-3H3. The molecule has 0 radical (unpaired) electrons. The fraction of sp³-hybridized carbons (Fsp3) is 0.429. The highest BCUT2D eigenvalue weighted by Gasteiger charge is 2.31. The van der Waals surface area contributed by atoms with Crippen LogP contribution in [-0.4, -0.2) is 52.7 Å². The molecule has 0 unspecified atom stereocenters. The van der Waals surface area contributed by atoms with Crippen molar-refractivity contribution in [3.63, 3.8) is 0 Å². The summed E-state index contributed by atoms with van der Waals surface area (Å²) < 4.78 is 44.6. The van der Waals surface area contributed by atoms with Crippen LogP contribution in [0.3, 0.4) is 0 Å². The van der Waals surface area contributed by atoms with Crippen molar-refractivity contribution in [3.8, 4) is 17.3 Å². The van der Waals surface area contributed by atoms with E-state index in [0.29, 0.717) is 32.0 Å². The predicted molar refractivity (Wildman–Crippen MR) is 107 cm³/mol. The number of hydrogen-bond donors (Lipinski definition) is 0. The van der Waals surface area contributed by atoms with Gasteiger partial charge in [0.1, 0.15) is 17.5 Å². The zero-order valence-electron chi connectivity index (χ0n) is 17.4. The van der Waals surface area contributed by atoms with E-state index in [9.17, 15) is 23.2 Å². The first-order valence-electron chi connectivity index (χ1n) is 9.66. The Morgan fingerprint density at radius 2 is 1.77 bits per heavy atom. The summed E-state index contributed by atoms with van der Waals surface area (Å²) in [7, 11) is 0. The van der Waals surface area contributed by atoms with Crippen molar-refractivity contribution in [1.29, 1.82) is 5.26 Å². The first-order chi connectivity index (χ1) is 14.5. The molecule has 1 aliphatic heterocycles. The van der Waals surface area contributed by atoms with Gasteiger partial charge < -0.3 is 14.5 Å². The van der Waals surface area contributed by atoms with E-state index in [1.807, 2.05) is 11.0 Å². The van der Waals surface area contributed by atoms with Crippen LogP contribution in [0.5, 0.6) is 0 Å². The lowest BCUT2D eigenvalue weighted by molar-refractivity contribution is -0.137. The van der Waals surface area contributed by atoms with Crippen molar-refractivity contribution in [2.24, 2.45) is 0 Å². The summed E-state index contributed by atoms with van der Waals surface area (Å²) in [6.45, 7) is 7.02. The van der Waals surface area contributed by atoms with Gasteiger partial charge in [0, 0.05) is 37.8 Å². The summed E-state index contributed by atoms with van der Waals surface area (Å²) in [5.41, 5.74) is -0.929. The second-order valence-corrected chi connectivity index (χ2v) is 8.08. The fourth-order valence-corrected chi connectivity index (χ4v) is 3.09. The van der Waals surface area contributed by atoms with Crippen molar-refractivity contribution < 1.29 is 22.7 Å². The van der Waals surface area contributed by atoms with Crippen LogP contribution in [0.4, 0.5) is 23.8 Å². The Morgan fingerprint density at radius 3 is 2.35 bits per heavy atom. The molecule has 1 aliphatic rings. The Hall–Kier alpha value is -3.35. The summed E-state index contributed by atoms with van der Waals surface area (Å²) in [5.74, 6) is 0.280. The summed E-state index contributed by atoms with van der Waals surface area (Å²) in [4.78, 5) is 24.0. The molecule has 1 aromatic carbocycles. The topological polar surface area (TPSA) is 82.4 Å². The zero-order chi connectivity index (χ0) is 22.8. The molecule has 1 amide bonds. The van der Waals surface area contributed by atoms with Gasteiger partial charge in [0.2, 0.25) is 5.82 Å². The third kappa shape index (κ3) is 5.63. The van der Waals surface area contributed by atoms with Crippen molar-refractivity contribution >= 4 is 11.9 Å². The van der Waals surface area contributed by atoms with Crippen molar-refractivity contribution in [3.05, 3.63) is 41.7 Å². The first kappa shape index (κ1) is 22.3. The van der Waals surface area contributed by atoms with Crippen LogP contribution in [0.1, 0.15) is 32.2 Å². The Morgan fingerprint density at radius 1 is 1.10 bits per heavy atom. The molecule has 0 atom stereocenters. The monoisotopic (exact) mass is 433 g/mol. The van der Waals surface area contributed by atoms with Crippen LogP contribution in [0, 0.1) is 11.3 Å². The van der Waals surface area contributed by atoms with Gasteiger partial charge in [0.25, 0.3) is 0 Å². The van der Waals surface area contributed by atoms with Gasteiger partial charge in [-0.25, -0.2) is 14.8 Å². The fourth-order valence-electron chi connectivity index (χ4n) is 3.09. The van der Waals surface area contributed by atoms with E-state index in [0.717, 1.165) is 12.1 Å². The summed E-state index contributed by atoms with van der Waals surface area (Å²) in [6.07, 6.45) is -4.89. The molecule has 164 valence electrons. The van der Waals surface area contributed by atoms with Gasteiger partial charge in [-0.2, -0.15) is 18.4 Å². The SMILES string of the molecule is CC(C)(C)OC(=O)N1CCN(c2cc(-c3cccc(C(F)(F)F)c3)nc(C#N)n2)CC1. The molecule has 3 rings (SSSR count). The molecule has 2 heterocycles. The molecular weight excluding hydrogens is 411 g/mol. The summed E-state index contributed by atoms with van der Waals surface area (Å²) >= 11 is 0. The minimum absolute atomic E-state index is 0.139. The first-order valence-corrected chi connectivity index (χ1v) is 9.66. The number of nitriles is 1. The maximum absolute atomic E-state index is 13.1. The number of piperazine rings is 1. The third-order valence-electron chi connectivity index (χ3n) is 4.55. The van der Waals surface area contributed by atoms with Crippen LogP contribution in [0.15, 0.2) is 30.3 Å². The van der Waals surface area contributed by atoms with Crippen LogP contribution >= 0.6 is 0 Å². The lowest BCUT2D eigenvalue weighted by Crippen LogP contribution is -2.50. The van der Waals surface area contributed by atoms with E-state index in [2.05, 4.69) is 9.97 Å². The minimum Gasteiger partial charge on any atom is -0.444 e. The molecule has 1 fully saturated rings. The second-order valence-electron chi connectivity index (χ2n) is 8.08. The largest absolute Gasteiger partial charge is 0.444 e. The lowest BCUT2D eigenvalue weighted by Gasteiger charge is -2.36. The lowest BCUT2D eigenvalue weighted by atomic mass is 10.1. The second kappa shape index (κ2) is 8.41. The quantitative estimate of drug-likeness (QED) is 0.710. The number of carbonyl (C=O) groups excluding carboxylic acids is 1. The highest BCUT2D eigenvalue weighted by molar-refractivity contribution is 5.69. The zero-order valence-corrected chi connectivity index (χ0v) is 17.4. The van der Waals surface area contributed by atoms with E-state index < -0.39 is 23.4 Å². The maximum Gasteiger partial charge on any atom is 0.416 e. The van der Waals surface area contributed by atoms with Gasteiger partial charge in [0.05, 0.1) is 11.3 Å². The minimum atomic E-state index is -4.48. The molecule has 0 aliphatic carbocycles.